The van der Waals surface area contributed by atoms with Gasteiger partial charge in [-0.15, -0.1) is 0 Å². The number of piperidine rings is 1. The molecule has 0 radical (unpaired) electrons. The van der Waals surface area contributed by atoms with Crippen LogP contribution in [0.25, 0.3) is 0 Å². The zero-order chi connectivity index (χ0) is 19.3. The number of sulfonamides is 1. The van der Waals surface area contributed by atoms with E-state index in [4.69, 9.17) is 0 Å². The van der Waals surface area contributed by atoms with Gasteiger partial charge in [-0.2, -0.15) is 4.31 Å². The Morgan fingerprint density at radius 1 is 1.00 bits per heavy atom. The highest BCUT2D eigenvalue weighted by Gasteiger charge is 2.27. The van der Waals surface area contributed by atoms with Crippen LogP contribution in [0.5, 0.6) is 0 Å². The topological polar surface area (TPSA) is 66.5 Å². The predicted octanol–water partition coefficient (Wildman–Crippen LogP) is 3.03. The van der Waals surface area contributed by atoms with Crippen molar-refractivity contribution in [2.45, 2.75) is 44.0 Å². The van der Waals surface area contributed by atoms with Crippen molar-refractivity contribution < 1.29 is 13.2 Å². The standard InChI is InChI=1S/C21H26N2O3S/c1-17-9-11-18(12-10-17)15-21(24)22-16-19-7-3-4-8-20(19)27(25,26)23-13-5-2-6-14-23/h3-4,7-12H,2,5-6,13-16H2,1H3,(H,22,24). The largest absolute Gasteiger partial charge is 0.352 e. The van der Waals surface area contributed by atoms with Crippen LogP contribution >= 0.6 is 0 Å². The molecule has 1 aliphatic rings. The summed E-state index contributed by atoms with van der Waals surface area (Å²) in [7, 11) is -3.52. The van der Waals surface area contributed by atoms with Gasteiger partial charge in [0.15, 0.2) is 0 Å². The Kier molecular flexibility index (Phi) is 6.29. The molecular weight excluding hydrogens is 360 g/mol. The predicted molar refractivity (Wildman–Crippen MR) is 106 cm³/mol. The normalized spacial score (nSPS) is 15.4. The summed E-state index contributed by atoms with van der Waals surface area (Å²) in [4.78, 5) is 12.6. The first-order chi connectivity index (χ1) is 13.0. The van der Waals surface area contributed by atoms with E-state index in [0.717, 1.165) is 30.4 Å². The molecule has 0 spiro atoms. The first-order valence-corrected chi connectivity index (χ1v) is 10.8. The van der Waals surface area contributed by atoms with Crippen LogP contribution in [0.2, 0.25) is 0 Å². The molecule has 1 saturated heterocycles. The summed E-state index contributed by atoms with van der Waals surface area (Å²) in [6.07, 6.45) is 3.15. The van der Waals surface area contributed by atoms with Gasteiger partial charge >= 0.3 is 0 Å². The molecule has 144 valence electrons. The molecule has 1 heterocycles. The van der Waals surface area contributed by atoms with Crippen LogP contribution in [0, 0.1) is 6.92 Å². The number of rotatable bonds is 6. The number of nitrogens with one attached hydrogen (secondary N) is 1. The lowest BCUT2D eigenvalue weighted by Gasteiger charge is -2.26. The fraction of sp³-hybridized carbons (Fsp3) is 0.381. The van der Waals surface area contributed by atoms with Gasteiger partial charge in [-0.25, -0.2) is 8.42 Å². The van der Waals surface area contributed by atoms with Gasteiger partial charge in [-0.1, -0.05) is 54.4 Å². The molecule has 3 rings (SSSR count). The summed E-state index contributed by atoms with van der Waals surface area (Å²) in [5.41, 5.74) is 2.71. The molecule has 6 heteroatoms. The van der Waals surface area contributed by atoms with Crippen LogP contribution < -0.4 is 5.32 Å². The number of amides is 1. The molecule has 0 saturated carbocycles. The van der Waals surface area contributed by atoms with Gasteiger partial charge in [0.25, 0.3) is 0 Å². The Balaban J connectivity index is 1.68. The molecule has 2 aromatic carbocycles. The Labute approximate surface area is 161 Å². The van der Waals surface area contributed by atoms with Gasteiger partial charge in [-0.05, 0) is 37.0 Å². The van der Waals surface area contributed by atoms with Crippen molar-refractivity contribution in [3.8, 4) is 0 Å². The second kappa shape index (κ2) is 8.67. The molecule has 0 aliphatic carbocycles. The number of aryl methyl sites for hydroxylation is 1. The quantitative estimate of drug-likeness (QED) is 0.830. The highest BCUT2D eigenvalue weighted by atomic mass is 32.2. The van der Waals surface area contributed by atoms with E-state index in [2.05, 4.69) is 5.32 Å². The van der Waals surface area contributed by atoms with Crippen LogP contribution in [0.3, 0.4) is 0 Å². The van der Waals surface area contributed by atoms with Gasteiger partial charge in [0.1, 0.15) is 0 Å². The molecule has 0 aromatic heterocycles. The minimum absolute atomic E-state index is 0.121. The van der Waals surface area contributed by atoms with Crippen molar-refractivity contribution in [2.75, 3.05) is 13.1 Å². The van der Waals surface area contributed by atoms with Gasteiger partial charge < -0.3 is 5.32 Å². The molecule has 1 aliphatic heterocycles. The maximum atomic E-state index is 13.0. The molecule has 0 unspecified atom stereocenters. The number of nitrogens with zero attached hydrogens (tertiary/aromatic N) is 1. The zero-order valence-corrected chi connectivity index (χ0v) is 16.5. The third-order valence-corrected chi connectivity index (χ3v) is 6.87. The van der Waals surface area contributed by atoms with E-state index in [1.807, 2.05) is 31.2 Å². The first kappa shape index (κ1) is 19.6. The third kappa shape index (κ3) is 4.96. The van der Waals surface area contributed by atoms with Crippen molar-refractivity contribution in [3.63, 3.8) is 0 Å². The van der Waals surface area contributed by atoms with Crippen LogP contribution in [-0.4, -0.2) is 31.7 Å². The maximum Gasteiger partial charge on any atom is 0.243 e. The average Bonchev–Trinajstić information content (AvgIpc) is 2.69. The average molecular weight is 387 g/mol. The van der Waals surface area contributed by atoms with Crippen molar-refractivity contribution in [2.24, 2.45) is 0 Å². The summed E-state index contributed by atoms with van der Waals surface area (Å²) < 4.78 is 27.5. The number of benzene rings is 2. The van der Waals surface area contributed by atoms with Crippen molar-refractivity contribution >= 4 is 15.9 Å². The fourth-order valence-electron chi connectivity index (χ4n) is 3.29. The molecule has 5 nitrogen and oxygen atoms in total. The van der Waals surface area contributed by atoms with Gasteiger partial charge in [0.05, 0.1) is 11.3 Å². The van der Waals surface area contributed by atoms with Crippen molar-refractivity contribution in [1.82, 2.24) is 9.62 Å². The van der Waals surface area contributed by atoms with Crippen LogP contribution in [-0.2, 0) is 27.8 Å². The molecule has 2 aromatic rings. The van der Waals surface area contributed by atoms with Crippen LogP contribution in [0.15, 0.2) is 53.4 Å². The highest BCUT2D eigenvalue weighted by molar-refractivity contribution is 7.89. The molecule has 1 N–H and O–H groups in total. The Morgan fingerprint density at radius 3 is 2.37 bits per heavy atom. The molecule has 0 bridgehead atoms. The Hall–Kier alpha value is -2.18. The second-order valence-electron chi connectivity index (χ2n) is 7.01. The van der Waals surface area contributed by atoms with Gasteiger partial charge in [0.2, 0.25) is 15.9 Å². The highest BCUT2D eigenvalue weighted by Crippen LogP contribution is 2.23. The van der Waals surface area contributed by atoms with E-state index < -0.39 is 10.0 Å². The Morgan fingerprint density at radius 2 is 1.67 bits per heavy atom. The van der Waals surface area contributed by atoms with E-state index in [1.54, 1.807) is 28.6 Å². The van der Waals surface area contributed by atoms with Crippen molar-refractivity contribution in [1.29, 1.82) is 0 Å². The first-order valence-electron chi connectivity index (χ1n) is 9.37. The number of hydrogen-bond donors (Lipinski definition) is 1. The SMILES string of the molecule is Cc1ccc(CC(=O)NCc2ccccc2S(=O)(=O)N2CCCCC2)cc1. The molecule has 1 fully saturated rings. The molecular formula is C21H26N2O3S. The van der Waals surface area contributed by atoms with E-state index in [-0.39, 0.29) is 18.9 Å². The van der Waals surface area contributed by atoms with Crippen molar-refractivity contribution in [3.05, 3.63) is 65.2 Å². The summed E-state index contributed by atoms with van der Waals surface area (Å²) in [5, 5.41) is 2.86. The van der Waals surface area contributed by atoms with E-state index in [1.165, 1.54) is 0 Å². The van der Waals surface area contributed by atoms with E-state index >= 15 is 0 Å². The monoisotopic (exact) mass is 386 g/mol. The summed E-state index contributed by atoms with van der Waals surface area (Å²) in [6.45, 7) is 3.34. The molecule has 0 atom stereocenters. The third-order valence-electron chi connectivity index (χ3n) is 4.87. The summed E-state index contributed by atoms with van der Waals surface area (Å²) in [6, 6.07) is 14.7. The van der Waals surface area contributed by atoms with E-state index in [0.29, 0.717) is 23.5 Å². The number of hydrogen-bond acceptors (Lipinski definition) is 3. The van der Waals surface area contributed by atoms with Gasteiger partial charge in [-0.3, -0.25) is 4.79 Å². The van der Waals surface area contributed by atoms with Gasteiger partial charge in [0, 0.05) is 19.6 Å². The molecule has 1 amide bonds. The summed E-state index contributed by atoms with van der Waals surface area (Å²) in [5.74, 6) is -0.121. The lowest BCUT2D eigenvalue weighted by Crippen LogP contribution is -2.36. The lowest BCUT2D eigenvalue weighted by molar-refractivity contribution is -0.120. The van der Waals surface area contributed by atoms with E-state index in [9.17, 15) is 13.2 Å². The fourth-order valence-corrected chi connectivity index (χ4v) is 5.03. The smallest absolute Gasteiger partial charge is 0.243 e. The van der Waals surface area contributed by atoms with Crippen LogP contribution in [0.4, 0.5) is 0 Å². The minimum Gasteiger partial charge on any atom is -0.352 e. The maximum absolute atomic E-state index is 13.0. The van der Waals surface area contributed by atoms with Crippen LogP contribution in [0.1, 0.15) is 36.0 Å². The lowest BCUT2D eigenvalue weighted by atomic mass is 10.1. The zero-order valence-electron chi connectivity index (χ0n) is 15.6. The minimum atomic E-state index is -3.52. The number of carbonyl (C=O) groups is 1. The number of carbonyl (C=O) groups excluding carboxylic acids is 1. The summed E-state index contributed by atoms with van der Waals surface area (Å²) >= 11 is 0. The molecule has 27 heavy (non-hydrogen) atoms. The second-order valence-corrected chi connectivity index (χ2v) is 8.92. The Bertz CT molecular complexity index is 886.